The zero-order valence-electron chi connectivity index (χ0n) is 12.7. The molecule has 0 radical (unpaired) electrons. The minimum absolute atomic E-state index is 0.00806. The maximum absolute atomic E-state index is 12.1. The fourth-order valence-corrected chi connectivity index (χ4v) is 3.29. The van der Waals surface area contributed by atoms with Gasteiger partial charge in [-0.25, -0.2) is 9.78 Å². The van der Waals surface area contributed by atoms with Gasteiger partial charge in [-0.05, 0) is 12.1 Å². The van der Waals surface area contributed by atoms with Gasteiger partial charge >= 0.3 is 6.03 Å². The van der Waals surface area contributed by atoms with Crippen LogP contribution in [0.4, 0.5) is 4.79 Å². The first kappa shape index (κ1) is 17.7. The third kappa shape index (κ3) is 3.92. The molecule has 130 valence electrons. The summed E-state index contributed by atoms with van der Waals surface area (Å²) < 4.78 is 0. The first-order chi connectivity index (χ1) is 12.0. The summed E-state index contributed by atoms with van der Waals surface area (Å²) in [6.45, 7) is 0.254. The number of thiazole rings is 1. The van der Waals surface area contributed by atoms with E-state index in [1.165, 1.54) is 11.3 Å². The fourth-order valence-electron chi connectivity index (χ4n) is 2.19. The fraction of sp³-hybridized carbons (Fsp3) is 0.200. The highest BCUT2D eigenvalue weighted by Crippen LogP contribution is 2.30. The molecular formula is C15H12Cl2N4O3S. The molecule has 0 aliphatic carbocycles. The number of amides is 4. The van der Waals surface area contributed by atoms with Crippen LogP contribution in [0.25, 0.3) is 10.6 Å². The van der Waals surface area contributed by atoms with Crippen molar-refractivity contribution in [1.82, 2.24) is 20.5 Å². The molecule has 0 bridgehead atoms. The Morgan fingerprint density at radius 2 is 2.12 bits per heavy atom. The standard InChI is InChI=1S/C15H12Cl2N4O3S/c16-9-2-1-8(5-10(9)17)14-20-11(7-25-14)13(23)18-3-4-21-12(22)6-19-15(21)24/h1-2,5,7H,3-4,6H2,(H,18,23)(H,19,24). The number of carbonyl (C=O) groups is 3. The molecule has 0 spiro atoms. The number of imide groups is 1. The van der Waals surface area contributed by atoms with Gasteiger partial charge in [0.15, 0.2) is 0 Å². The molecule has 1 aliphatic heterocycles. The van der Waals surface area contributed by atoms with E-state index in [9.17, 15) is 14.4 Å². The Balaban J connectivity index is 1.60. The van der Waals surface area contributed by atoms with Crippen LogP contribution in [0.5, 0.6) is 0 Å². The van der Waals surface area contributed by atoms with Crippen molar-refractivity contribution in [2.24, 2.45) is 0 Å². The predicted octanol–water partition coefficient (Wildman–Crippen LogP) is 2.40. The summed E-state index contributed by atoms with van der Waals surface area (Å²) in [6.07, 6.45) is 0. The molecule has 1 aromatic carbocycles. The van der Waals surface area contributed by atoms with Crippen LogP contribution in [0.2, 0.25) is 10.0 Å². The van der Waals surface area contributed by atoms with E-state index in [0.29, 0.717) is 15.1 Å². The number of halogens is 2. The topological polar surface area (TPSA) is 91.4 Å². The SMILES string of the molecule is O=C(NCCN1C(=O)CNC1=O)c1csc(-c2ccc(Cl)c(Cl)c2)n1. The second-order valence-electron chi connectivity index (χ2n) is 5.13. The normalized spacial score (nSPS) is 13.9. The van der Waals surface area contributed by atoms with Crippen molar-refractivity contribution in [2.45, 2.75) is 0 Å². The molecule has 2 aromatic rings. The monoisotopic (exact) mass is 398 g/mol. The van der Waals surface area contributed by atoms with Gasteiger partial charge in [-0.1, -0.05) is 29.3 Å². The largest absolute Gasteiger partial charge is 0.349 e. The third-order valence-electron chi connectivity index (χ3n) is 3.46. The Hall–Kier alpha value is -2.16. The van der Waals surface area contributed by atoms with E-state index < -0.39 is 6.03 Å². The highest BCUT2D eigenvalue weighted by molar-refractivity contribution is 7.13. The van der Waals surface area contributed by atoms with Crippen LogP contribution in [0.3, 0.4) is 0 Å². The van der Waals surface area contributed by atoms with Crippen LogP contribution >= 0.6 is 34.5 Å². The highest BCUT2D eigenvalue weighted by Gasteiger charge is 2.27. The lowest BCUT2D eigenvalue weighted by molar-refractivity contribution is -0.124. The summed E-state index contributed by atoms with van der Waals surface area (Å²) >= 11 is 13.2. The molecule has 3 rings (SSSR count). The highest BCUT2D eigenvalue weighted by atomic mass is 35.5. The first-order valence-electron chi connectivity index (χ1n) is 7.23. The van der Waals surface area contributed by atoms with E-state index in [0.717, 1.165) is 10.5 Å². The van der Waals surface area contributed by atoms with E-state index in [4.69, 9.17) is 23.2 Å². The van der Waals surface area contributed by atoms with Crippen molar-refractivity contribution in [2.75, 3.05) is 19.6 Å². The van der Waals surface area contributed by atoms with E-state index >= 15 is 0 Å². The Labute approximate surface area is 156 Å². The lowest BCUT2D eigenvalue weighted by Crippen LogP contribution is -2.38. The van der Waals surface area contributed by atoms with Gasteiger partial charge < -0.3 is 10.6 Å². The zero-order valence-corrected chi connectivity index (χ0v) is 15.0. The van der Waals surface area contributed by atoms with Crippen LogP contribution in [-0.2, 0) is 4.79 Å². The minimum Gasteiger partial charge on any atom is -0.349 e. The third-order valence-corrected chi connectivity index (χ3v) is 5.09. The predicted molar refractivity (Wildman–Crippen MR) is 95.0 cm³/mol. The number of hydrogen-bond acceptors (Lipinski definition) is 5. The number of nitrogens with zero attached hydrogens (tertiary/aromatic N) is 2. The molecule has 1 aromatic heterocycles. The average Bonchev–Trinajstić information content (AvgIpc) is 3.19. The van der Waals surface area contributed by atoms with Gasteiger partial charge in [0.05, 0.1) is 16.6 Å². The molecule has 2 heterocycles. The number of carbonyl (C=O) groups excluding carboxylic acids is 3. The van der Waals surface area contributed by atoms with Gasteiger partial charge in [0.1, 0.15) is 10.7 Å². The van der Waals surface area contributed by atoms with Crippen LogP contribution < -0.4 is 10.6 Å². The number of rotatable bonds is 5. The molecule has 1 fully saturated rings. The van der Waals surface area contributed by atoms with Crippen LogP contribution in [-0.4, -0.2) is 47.4 Å². The van der Waals surface area contributed by atoms with E-state index in [2.05, 4.69) is 15.6 Å². The Bertz CT molecular complexity index is 839. The summed E-state index contributed by atoms with van der Waals surface area (Å²) in [4.78, 5) is 40.3. The first-order valence-corrected chi connectivity index (χ1v) is 8.86. The van der Waals surface area contributed by atoms with Gasteiger partial charge in [0.25, 0.3) is 5.91 Å². The minimum atomic E-state index is -0.449. The summed E-state index contributed by atoms with van der Waals surface area (Å²) in [5, 5.41) is 8.17. The van der Waals surface area contributed by atoms with E-state index in [1.54, 1.807) is 23.6 Å². The lowest BCUT2D eigenvalue weighted by Gasteiger charge is -2.12. The smallest absolute Gasteiger partial charge is 0.324 e. The van der Waals surface area contributed by atoms with Crippen molar-refractivity contribution in [3.8, 4) is 10.6 Å². The molecule has 10 heteroatoms. The molecule has 1 saturated heterocycles. The maximum Gasteiger partial charge on any atom is 0.324 e. The quantitative estimate of drug-likeness (QED) is 0.756. The number of nitrogens with one attached hydrogen (secondary N) is 2. The average molecular weight is 399 g/mol. The Morgan fingerprint density at radius 3 is 2.80 bits per heavy atom. The van der Waals surface area contributed by atoms with Crippen molar-refractivity contribution in [1.29, 1.82) is 0 Å². The van der Waals surface area contributed by atoms with Crippen molar-refractivity contribution in [3.63, 3.8) is 0 Å². The summed E-state index contributed by atoms with van der Waals surface area (Å²) in [5.41, 5.74) is 1.01. The molecule has 0 unspecified atom stereocenters. The van der Waals surface area contributed by atoms with Crippen molar-refractivity contribution >= 4 is 52.4 Å². The lowest BCUT2D eigenvalue weighted by atomic mass is 10.2. The molecule has 4 amide bonds. The maximum atomic E-state index is 12.1. The molecular weight excluding hydrogens is 387 g/mol. The van der Waals surface area contributed by atoms with Crippen molar-refractivity contribution in [3.05, 3.63) is 39.3 Å². The molecule has 0 atom stereocenters. The van der Waals surface area contributed by atoms with E-state index in [-0.39, 0.29) is 37.1 Å². The summed E-state index contributed by atoms with van der Waals surface area (Å²) in [7, 11) is 0. The van der Waals surface area contributed by atoms with Gasteiger partial charge in [-0.3, -0.25) is 14.5 Å². The van der Waals surface area contributed by atoms with Gasteiger partial charge in [-0.15, -0.1) is 11.3 Å². The Morgan fingerprint density at radius 1 is 1.32 bits per heavy atom. The molecule has 2 N–H and O–H groups in total. The Kier molecular flexibility index (Phi) is 5.22. The van der Waals surface area contributed by atoms with Crippen molar-refractivity contribution < 1.29 is 14.4 Å². The van der Waals surface area contributed by atoms with Gasteiger partial charge in [-0.2, -0.15) is 0 Å². The molecule has 1 aliphatic rings. The molecule has 25 heavy (non-hydrogen) atoms. The number of benzene rings is 1. The summed E-state index contributed by atoms with van der Waals surface area (Å²) in [6, 6.07) is 4.67. The summed E-state index contributed by atoms with van der Waals surface area (Å²) in [5.74, 6) is -0.690. The van der Waals surface area contributed by atoms with Crippen LogP contribution in [0.1, 0.15) is 10.5 Å². The number of aromatic nitrogens is 1. The van der Waals surface area contributed by atoms with E-state index in [1.807, 2.05) is 0 Å². The van der Waals surface area contributed by atoms with Gasteiger partial charge in [0, 0.05) is 24.0 Å². The van der Waals surface area contributed by atoms with Crippen LogP contribution in [0, 0.1) is 0 Å². The second-order valence-corrected chi connectivity index (χ2v) is 6.80. The zero-order chi connectivity index (χ0) is 18.0. The van der Waals surface area contributed by atoms with Gasteiger partial charge in [0.2, 0.25) is 5.91 Å². The number of urea groups is 1. The van der Waals surface area contributed by atoms with Crippen LogP contribution in [0.15, 0.2) is 23.6 Å². The molecule has 0 saturated carbocycles. The second kappa shape index (κ2) is 7.38. The number of hydrogen-bond donors (Lipinski definition) is 2. The molecule has 7 nitrogen and oxygen atoms in total.